The highest BCUT2D eigenvalue weighted by Crippen LogP contribution is 2.34. The maximum Gasteiger partial charge on any atom is 0.223 e. The Kier molecular flexibility index (Phi) is 3.06. The molecule has 0 aliphatic carbocycles. The van der Waals surface area contributed by atoms with E-state index in [1.807, 2.05) is 6.92 Å². The van der Waals surface area contributed by atoms with Gasteiger partial charge in [0.05, 0.1) is 11.5 Å². The van der Waals surface area contributed by atoms with Crippen LogP contribution in [0.1, 0.15) is 18.2 Å². The Labute approximate surface area is 116 Å². The van der Waals surface area contributed by atoms with Gasteiger partial charge in [-0.2, -0.15) is 4.98 Å². The molecular formula is C13H18N4OS. The Bertz CT molecular complexity index is 610. The Hall–Kier alpha value is -1.40. The van der Waals surface area contributed by atoms with Crippen molar-refractivity contribution in [1.29, 1.82) is 0 Å². The van der Waals surface area contributed by atoms with Crippen LogP contribution in [0.25, 0.3) is 10.2 Å². The van der Waals surface area contributed by atoms with E-state index in [1.165, 1.54) is 4.88 Å². The largest absolute Gasteiger partial charge is 0.393 e. The molecule has 2 unspecified atom stereocenters. The molecule has 1 aliphatic rings. The molecule has 1 saturated heterocycles. The minimum atomic E-state index is -0.274. The first-order valence-corrected chi connectivity index (χ1v) is 7.33. The maximum atomic E-state index is 9.71. The lowest BCUT2D eigenvalue weighted by atomic mass is 10.0. The van der Waals surface area contributed by atoms with Gasteiger partial charge in [-0.05, 0) is 26.3 Å². The molecule has 1 aliphatic heterocycles. The van der Waals surface area contributed by atoms with Crippen LogP contribution in [0.3, 0.4) is 0 Å². The van der Waals surface area contributed by atoms with Crippen LogP contribution in [-0.2, 0) is 0 Å². The Morgan fingerprint density at radius 2 is 2.32 bits per heavy atom. The third-order valence-electron chi connectivity index (χ3n) is 3.72. The number of aliphatic hydroxyl groups excluding tert-OH is 1. The number of nitrogens with zero attached hydrogens (tertiary/aromatic N) is 3. The summed E-state index contributed by atoms with van der Waals surface area (Å²) < 4.78 is 0. The van der Waals surface area contributed by atoms with E-state index < -0.39 is 0 Å². The van der Waals surface area contributed by atoms with Crippen molar-refractivity contribution in [3.63, 3.8) is 0 Å². The van der Waals surface area contributed by atoms with Gasteiger partial charge in [0.25, 0.3) is 0 Å². The Morgan fingerprint density at radius 3 is 3.00 bits per heavy atom. The molecular weight excluding hydrogens is 260 g/mol. The number of rotatable bonds is 2. The molecule has 3 N–H and O–H groups in total. The number of anilines is 2. The van der Waals surface area contributed by atoms with E-state index in [9.17, 15) is 5.11 Å². The van der Waals surface area contributed by atoms with Gasteiger partial charge in [-0.25, -0.2) is 4.98 Å². The zero-order valence-corrected chi connectivity index (χ0v) is 11.9. The molecule has 0 spiro atoms. The van der Waals surface area contributed by atoms with E-state index in [4.69, 9.17) is 5.73 Å². The molecule has 2 atom stereocenters. The van der Waals surface area contributed by atoms with Crippen LogP contribution in [0.4, 0.5) is 11.8 Å². The third-order valence-corrected chi connectivity index (χ3v) is 4.66. The van der Waals surface area contributed by atoms with Crippen LogP contribution in [0.2, 0.25) is 0 Å². The molecule has 2 aromatic rings. The predicted molar refractivity (Wildman–Crippen MR) is 78.6 cm³/mol. The third kappa shape index (κ3) is 2.26. The van der Waals surface area contributed by atoms with Gasteiger partial charge < -0.3 is 15.7 Å². The smallest absolute Gasteiger partial charge is 0.223 e. The zero-order chi connectivity index (χ0) is 13.6. The molecule has 0 radical (unpaired) electrons. The lowest BCUT2D eigenvalue weighted by Gasteiger charge is -2.19. The van der Waals surface area contributed by atoms with Gasteiger partial charge in [0.2, 0.25) is 5.95 Å². The average molecular weight is 278 g/mol. The number of fused-ring (bicyclic) bond motifs is 1. The highest BCUT2D eigenvalue weighted by atomic mass is 32.1. The monoisotopic (exact) mass is 278 g/mol. The highest BCUT2D eigenvalue weighted by Gasteiger charge is 2.28. The van der Waals surface area contributed by atoms with E-state index in [2.05, 4.69) is 27.9 Å². The first-order chi connectivity index (χ1) is 9.04. The Morgan fingerprint density at radius 1 is 1.53 bits per heavy atom. The molecule has 0 aromatic carbocycles. The molecule has 0 saturated carbocycles. The van der Waals surface area contributed by atoms with Gasteiger partial charge in [0.15, 0.2) is 0 Å². The summed E-state index contributed by atoms with van der Waals surface area (Å²) in [6.07, 6.45) is 0.718. The Balaban J connectivity index is 2.01. The highest BCUT2D eigenvalue weighted by molar-refractivity contribution is 7.18. The van der Waals surface area contributed by atoms with Gasteiger partial charge in [-0.1, -0.05) is 0 Å². The van der Waals surface area contributed by atoms with Crippen LogP contribution < -0.4 is 10.6 Å². The molecule has 102 valence electrons. The summed E-state index contributed by atoms with van der Waals surface area (Å²) >= 11 is 1.64. The molecule has 3 rings (SSSR count). The number of nitrogens with two attached hydrogens (primary N) is 1. The van der Waals surface area contributed by atoms with Crippen LogP contribution >= 0.6 is 11.3 Å². The van der Waals surface area contributed by atoms with Crippen molar-refractivity contribution in [1.82, 2.24) is 9.97 Å². The van der Waals surface area contributed by atoms with Gasteiger partial charge in [-0.3, -0.25) is 0 Å². The number of hydrogen-bond acceptors (Lipinski definition) is 6. The number of hydrogen-bond donors (Lipinski definition) is 2. The van der Waals surface area contributed by atoms with Gasteiger partial charge in [0.1, 0.15) is 10.6 Å². The summed E-state index contributed by atoms with van der Waals surface area (Å²) in [5, 5.41) is 10.8. The van der Waals surface area contributed by atoms with Crippen molar-refractivity contribution in [2.75, 3.05) is 23.7 Å². The minimum Gasteiger partial charge on any atom is -0.393 e. The van der Waals surface area contributed by atoms with E-state index >= 15 is 0 Å². The minimum absolute atomic E-state index is 0.274. The first kappa shape index (κ1) is 12.6. The molecule has 5 nitrogen and oxygen atoms in total. The fourth-order valence-electron chi connectivity index (χ4n) is 2.66. The molecule has 6 heteroatoms. The van der Waals surface area contributed by atoms with E-state index in [0.29, 0.717) is 11.9 Å². The fraction of sp³-hybridized carbons (Fsp3) is 0.538. The first-order valence-electron chi connectivity index (χ1n) is 6.51. The second kappa shape index (κ2) is 4.61. The second-order valence-electron chi connectivity index (χ2n) is 5.22. The van der Waals surface area contributed by atoms with Gasteiger partial charge in [0, 0.05) is 23.9 Å². The van der Waals surface area contributed by atoms with Crippen molar-refractivity contribution >= 4 is 33.3 Å². The molecule has 1 fully saturated rings. The van der Waals surface area contributed by atoms with Crippen molar-refractivity contribution in [3.05, 3.63) is 10.9 Å². The maximum absolute atomic E-state index is 9.71. The SMILES string of the molecule is Cc1cc2c(N3CCC(C(C)O)C3)nc(N)nc2s1. The van der Waals surface area contributed by atoms with Crippen LogP contribution in [-0.4, -0.2) is 34.3 Å². The lowest BCUT2D eigenvalue weighted by Crippen LogP contribution is -2.25. The summed E-state index contributed by atoms with van der Waals surface area (Å²) in [6.45, 7) is 5.66. The molecule has 0 amide bonds. The number of nitrogen functional groups attached to an aromatic ring is 1. The standard InChI is InChI=1S/C13H18N4OS/c1-7-5-10-11(15-13(14)16-12(10)19-7)17-4-3-9(6-17)8(2)18/h5,8-9,18H,3-4,6H2,1-2H3,(H2,14,15,16). The second-order valence-corrected chi connectivity index (χ2v) is 6.45. The summed E-state index contributed by atoms with van der Waals surface area (Å²) in [7, 11) is 0. The summed E-state index contributed by atoms with van der Waals surface area (Å²) in [4.78, 5) is 13.1. The van der Waals surface area contributed by atoms with Crippen molar-refractivity contribution in [3.8, 4) is 0 Å². The van der Waals surface area contributed by atoms with Crippen LogP contribution in [0.5, 0.6) is 0 Å². The van der Waals surface area contributed by atoms with Crippen molar-refractivity contribution in [2.45, 2.75) is 26.4 Å². The van der Waals surface area contributed by atoms with E-state index in [0.717, 1.165) is 35.5 Å². The zero-order valence-electron chi connectivity index (χ0n) is 11.1. The normalized spacial score (nSPS) is 21.2. The molecule has 2 aromatic heterocycles. The fourth-order valence-corrected chi connectivity index (χ4v) is 3.54. The lowest BCUT2D eigenvalue weighted by molar-refractivity contribution is 0.136. The van der Waals surface area contributed by atoms with Crippen LogP contribution in [0.15, 0.2) is 6.07 Å². The van der Waals surface area contributed by atoms with E-state index in [-0.39, 0.29) is 6.10 Å². The summed E-state index contributed by atoms with van der Waals surface area (Å²) in [5.74, 6) is 1.55. The quantitative estimate of drug-likeness (QED) is 0.876. The molecule has 3 heterocycles. The van der Waals surface area contributed by atoms with Gasteiger partial charge >= 0.3 is 0 Å². The van der Waals surface area contributed by atoms with Gasteiger partial charge in [-0.15, -0.1) is 11.3 Å². The molecule has 0 bridgehead atoms. The number of thiophene rings is 1. The number of aromatic nitrogens is 2. The summed E-state index contributed by atoms with van der Waals surface area (Å²) in [6, 6.07) is 2.12. The number of aliphatic hydroxyl groups is 1. The molecule has 19 heavy (non-hydrogen) atoms. The van der Waals surface area contributed by atoms with Crippen molar-refractivity contribution in [2.24, 2.45) is 5.92 Å². The van der Waals surface area contributed by atoms with Crippen LogP contribution in [0, 0.1) is 12.8 Å². The predicted octanol–water partition coefficient (Wildman–Crippen LogP) is 1.79. The topological polar surface area (TPSA) is 75.3 Å². The summed E-state index contributed by atoms with van der Waals surface area (Å²) in [5.41, 5.74) is 5.80. The number of aryl methyl sites for hydroxylation is 1. The average Bonchev–Trinajstić information content (AvgIpc) is 2.93. The van der Waals surface area contributed by atoms with E-state index in [1.54, 1.807) is 11.3 Å². The van der Waals surface area contributed by atoms with Crippen molar-refractivity contribution < 1.29 is 5.11 Å².